The average Bonchev–Trinajstić information content (AvgIpc) is 3.43. The Hall–Kier alpha value is -4.46. The summed E-state index contributed by atoms with van der Waals surface area (Å²) in [6, 6.07) is 11.8. The number of fused-ring (bicyclic) bond motifs is 2. The van der Waals surface area contributed by atoms with Gasteiger partial charge in [0.1, 0.15) is 5.52 Å². The molecular formula is C23H16N8. The molecule has 148 valence electrons. The van der Waals surface area contributed by atoms with Crippen molar-refractivity contribution in [3.05, 3.63) is 72.9 Å². The normalized spacial score (nSPS) is 11.4. The standard InChI is InChI=1S/C23H16N8/c1-13-6-9-25-12-16(13)17-4-5-18-20(27-17)21(31-30-18)23-28-19-15(7-10-26-22(19)29-23)14-3-2-8-24-11-14/h2-12H,1H3,(H,30,31)(H,26,28,29). The molecule has 31 heavy (non-hydrogen) atoms. The second-order valence-corrected chi connectivity index (χ2v) is 7.24. The predicted molar refractivity (Wildman–Crippen MR) is 118 cm³/mol. The highest BCUT2D eigenvalue weighted by Crippen LogP contribution is 2.31. The monoisotopic (exact) mass is 404 g/mol. The molecule has 0 unspecified atom stereocenters. The second kappa shape index (κ2) is 6.81. The van der Waals surface area contributed by atoms with E-state index in [1.165, 1.54) is 0 Å². The lowest BCUT2D eigenvalue weighted by atomic mass is 10.1. The van der Waals surface area contributed by atoms with Gasteiger partial charge in [0.2, 0.25) is 0 Å². The van der Waals surface area contributed by atoms with Gasteiger partial charge in [-0.25, -0.2) is 15.0 Å². The largest absolute Gasteiger partial charge is 0.335 e. The topological polar surface area (TPSA) is 109 Å². The number of pyridine rings is 4. The maximum absolute atomic E-state index is 4.87. The van der Waals surface area contributed by atoms with Crippen LogP contribution < -0.4 is 0 Å². The van der Waals surface area contributed by atoms with E-state index in [2.05, 4.69) is 35.1 Å². The summed E-state index contributed by atoms with van der Waals surface area (Å²) < 4.78 is 0. The van der Waals surface area contributed by atoms with E-state index in [1.54, 1.807) is 18.6 Å². The fourth-order valence-corrected chi connectivity index (χ4v) is 3.73. The lowest BCUT2D eigenvalue weighted by Gasteiger charge is -2.04. The van der Waals surface area contributed by atoms with Gasteiger partial charge in [-0.3, -0.25) is 15.1 Å². The number of hydrogen-bond donors (Lipinski definition) is 2. The summed E-state index contributed by atoms with van der Waals surface area (Å²) in [6.45, 7) is 2.05. The lowest BCUT2D eigenvalue weighted by molar-refractivity contribution is 1.10. The van der Waals surface area contributed by atoms with Crippen molar-refractivity contribution in [2.45, 2.75) is 6.92 Å². The Bertz CT molecular complexity index is 1550. The lowest BCUT2D eigenvalue weighted by Crippen LogP contribution is -1.90. The molecule has 6 aromatic rings. The first-order chi connectivity index (χ1) is 15.3. The first-order valence-electron chi connectivity index (χ1n) is 9.79. The van der Waals surface area contributed by atoms with E-state index in [4.69, 9.17) is 4.98 Å². The number of aromatic nitrogens is 8. The Morgan fingerprint density at radius 3 is 2.65 bits per heavy atom. The third-order valence-corrected chi connectivity index (χ3v) is 5.31. The Balaban J connectivity index is 1.52. The van der Waals surface area contributed by atoms with Crippen molar-refractivity contribution in [2.75, 3.05) is 0 Å². The minimum Gasteiger partial charge on any atom is -0.335 e. The van der Waals surface area contributed by atoms with Gasteiger partial charge in [0.25, 0.3) is 0 Å². The molecule has 8 heteroatoms. The molecule has 6 heterocycles. The van der Waals surface area contributed by atoms with Crippen LogP contribution in [0.1, 0.15) is 5.56 Å². The maximum atomic E-state index is 4.87. The number of imidazole rings is 1. The number of H-pyrrole nitrogens is 2. The number of nitrogens with zero attached hydrogens (tertiary/aromatic N) is 6. The van der Waals surface area contributed by atoms with Gasteiger partial charge in [0.05, 0.1) is 16.7 Å². The average molecular weight is 404 g/mol. The predicted octanol–water partition coefficient (Wildman–Crippen LogP) is 4.33. The summed E-state index contributed by atoms with van der Waals surface area (Å²) in [7, 11) is 0. The van der Waals surface area contributed by atoms with E-state index >= 15 is 0 Å². The highest BCUT2D eigenvalue weighted by Gasteiger charge is 2.17. The van der Waals surface area contributed by atoms with Gasteiger partial charge in [0.15, 0.2) is 17.2 Å². The van der Waals surface area contributed by atoms with Crippen LogP contribution in [-0.4, -0.2) is 40.1 Å². The number of rotatable bonds is 3. The second-order valence-electron chi connectivity index (χ2n) is 7.24. The van der Waals surface area contributed by atoms with Gasteiger partial charge in [-0.2, -0.15) is 5.10 Å². The molecule has 0 aliphatic carbocycles. The van der Waals surface area contributed by atoms with Crippen molar-refractivity contribution in [1.29, 1.82) is 0 Å². The Morgan fingerprint density at radius 2 is 1.77 bits per heavy atom. The van der Waals surface area contributed by atoms with Gasteiger partial charge >= 0.3 is 0 Å². The highest BCUT2D eigenvalue weighted by molar-refractivity contribution is 5.94. The van der Waals surface area contributed by atoms with Crippen molar-refractivity contribution in [2.24, 2.45) is 0 Å². The summed E-state index contributed by atoms with van der Waals surface area (Å²) in [5.41, 5.74) is 8.58. The van der Waals surface area contributed by atoms with Crippen molar-refractivity contribution < 1.29 is 0 Å². The van der Waals surface area contributed by atoms with E-state index < -0.39 is 0 Å². The van der Waals surface area contributed by atoms with Crippen molar-refractivity contribution in [3.8, 4) is 33.9 Å². The smallest absolute Gasteiger partial charge is 0.178 e. The third kappa shape index (κ3) is 2.84. The summed E-state index contributed by atoms with van der Waals surface area (Å²) in [6.07, 6.45) is 8.93. The van der Waals surface area contributed by atoms with Crippen LogP contribution in [0.3, 0.4) is 0 Å². The van der Waals surface area contributed by atoms with Gasteiger partial charge in [-0.15, -0.1) is 0 Å². The SMILES string of the molecule is Cc1ccncc1-c1ccc2[nH]nc(-c3nc4nccc(-c5cccnc5)c4[nH]3)c2n1. The van der Waals surface area contributed by atoms with Crippen LogP contribution in [-0.2, 0) is 0 Å². The minimum absolute atomic E-state index is 0.609. The van der Waals surface area contributed by atoms with E-state index in [0.29, 0.717) is 17.2 Å². The number of aryl methyl sites for hydroxylation is 1. The summed E-state index contributed by atoms with van der Waals surface area (Å²) >= 11 is 0. The molecule has 6 aromatic heterocycles. The Morgan fingerprint density at radius 1 is 0.839 bits per heavy atom. The van der Waals surface area contributed by atoms with E-state index in [9.17, 15) is 0 Å². The molecule has 8 nitrogen and oxygen atoms in total. The Kier molecular flexibility index (Phi) is 3.82. The quantitative estimate of drug-likeness (QED) is 0.454. The van der Waals surface area contributed by atoms with E-state index in [-0.39, 0.29) is 0 Å². The fraction of sp³-hybridized carbons (Fsp3) is 0.0435. The summed E-state index contributed by atoms with van der Waals surface area (Å²) in [4.78, 5) is 25.8. The van der Waals surface area contributed by atoms with Gasteiger partial charge < -0.3 is 4.98 Å². The molecule has 0 atom stereocenters. The van der Waals surface area contributed by atoms with Crippen LogP contribution in [0.2, 0.25) is 0 Å². The summed E-state index contributed by atoms with van der Waals surface area (Å²) in [5.74, 6) is 0.609. The van der Waals surface area contributed by atoms with E-state index in [1.807, 2.05) is 55.7 Å². The van der Waals surface area contributed by atoms with Crippen LogP contribution in [0.25, 0.3) is 56.1 Å². The van der Waals surface area contributed by atoms with Gasteiger partial charge in [0, 0.05) is 47.7 Å². The maximum Gasteiger partial charge on any atom is 0.178 e. The number of nitrogens with one attached hydrogen (secondary N) is 2. The van der Waals surface area contributed by atoms with Crippen molar-refractivity contribution in [1.82, 2.24) is 40.1 Å². The van der Waals surface area contributed by atoms with Crippen molar-refractivity contribution in [3.63, 3.8) is 0 Å². The van der Waals surface area contributed by atoms with Crippen LogP contribution in [0.4, 0.5) is 0 Å². The Labute approximate surface area is 176 Å². The van der Waals surface area contributed by atoms with Gasteiger partial charge in [-0.1, -0.05) is 6.07 Å². The summed E-state index contributed by atoms with van der Waals surface area (Å²) in [5, 5.41) is 7.54. The minimum atomic E-state index is 0.609. The van der Waals surface area contributed by atoms with Gasteiger partial charge in [-0.05, 0) is 42.8 Å². The number of hydrogen-bond acceptors (Lipinski definition) is 6. The molecule has 0 fully saturated rings. The molecule has 0 amide bonds. The fourth-order valence-electron chi connectivity index (χ4n) is 3.73. The van der Waals surface area contributed by atoms with Crippen molar-refractivity contribution >= 4 is 22.2 Å². The zero-order chi connectivity index (χ0) is 20.8. The van der Waals surface area contributed by atoms with Crippen LogP contribution in [0.5, 0.6) is 0 Å². The third-order valence-electron chi connectivity index (χ3n) is 5.31. The zero-order valence-corrected chi connectivity index (χ0v) is 16.5. The molecule has 0 saturated heterocycles. The van der Waals surface area contributed by atoms with Crippen LogP contribution in [0, 0.1) is 6.92 Å². The molecule has 0 radical (unpaired) electrons. The molecule has 6 rings (SSSR count). The highest BCUT2D eigenvalue weighted by atomic mass is 15.2. The number of aromatic amines is 2. The zero-order valence-electron chi connectivity index (χ0n) is 16.5. The first kappa shape index (κ1) is 17.4. The first-order valence-corrected chi connectivity index (χ1v) is 9.79. The van der Waals surface area contributed by atoms with E-state index in [0.717, 1.165) is 44.5 Å². The van der Waals surface area contributed by atoms with Crippen LogP contribution in [0.15, 0.2) is 67.4 Å². The van der Waals surface area contributed by atoms with Crippen LogP contribution >= 0.6 is 0 Å². The molecule has 2 N–H and O–H groups in total. The molecule has 0 aromatic carbocycles. The molecule has 0 bridgehead atoms. The molecule has 0 saturated carbocycles. The molecule has 0 aliphatic heterocycles. The molecular weight excluding hydrogens is 388 g/mol. The molecule has 0 spiro atoms. The molecule has 0 aliphatic rings.